The van der Waals surface area contributed by atoms with Crippen LogP contribution in [0.25, 0.3) is 0 Å². The first-order valence-corrected chi connectivity index (χ1v) is 11.2. The van der Waals surface area contributed by atoms with E-state index in [4.69, 9.17) is 4.74 Å². The Hall–Kier alpha value is -1.79. The fourth-order valence-corrected chi connectivity index (χ4v) is 4.52. The molecular weight excluding hydrogens is 362 g/mol. The zero-order chi connectivity index (χ0) is 20.5. The van der Waals surface area contributed by atoms with Crippen LogP contribution in [0, 0.1) is 5.92 Å². The minimum Gasteiger partial charge on any atom is -0.497 e. The highest BCUT2D eigenvalue weighted by Crippen LogP contribution is 2.27. The van der Waals surface area contributed by atoms with E-state index in [1.165, 1.54) is 50.8 Å². The van der Waals surface area contributed by atoms with Crippen LogP contribution in [-0.4, -0.2) is 76.2 Å². The molecule has 1 atom stereocenters. The Morgan fingerprint density at radius 3 is 2.62 bits per heavy atom. The molecule has 2 saturated heterocycles. The number of nitrogens with one attached hydrogen (secondary N) is 2. The molecule has 29 heavy (non-hydrogen) atoms. The SMILES string of the molecule is CN=C(NCCC1CCN(C)CC1)NCC(c1cccc(OC)c1)N1CCCC1. The molecule has 0 aliphatic carbocycles. The Morgan fingerprint density at radius 1 is 1.17 bits per heavy atom. The Kier molecular flexibility index (Phi) is 8.62. The maximum Gasteiger partial charge on any atom is 0.191 e. The molecule has 2 heterocycles. The summed E-state index contributed by atoms with van der Waals surface area (Å²) in [4.78, 5) is 9.46. The summed E-state index contributed by atoms with van der Waals surface area (Å²) >= 11 is 0. The summed E-state index contributed by atoms with van der Waals surface area (Å²) in [6.45, 7) is 6.62. The van der Waals surface area contributed by atoms with Gasteiger partial charge in [0, 0.05) is 20.1 Å². The van der Waals surface area contributed by atoms with E-state index in [9.17, 15) is 0 Å². The molecule has 1 unspecified atom stereocenters. The van der Waals surface area contributed by atoms with Gasteiger partial charge in [-0.2, -0.15) is 0 Å². The lowest BCUT2D eigenvalue weighted by Gasteiger charge is -2.30. The second-order valence-corrected chi connectivity index (χ2v) is 8.45. The molecule has 1 aromatic carbocycles. The lowest BCUT2D eigenvalue weighted by atomic mass is 9.94. The Morgan fingerprint density at radius 2 is 1.93 bits per heavy atom. The van der Waals surface area contributed by atoms with Gasteiger partial charge in [-0.25, -0.2) is 0 Å². The maximum absolute atomic E-state index is 5.45. The van der Waals surface area contributed by atoms with Crippen LogP contribution in [0.3, 0.4) is 0 Å². The minimum absolute atomic E-state index is 0.333. The van der Waals surface area contributed by atoms with Crippen LogP contribution in [0.15, 0.2) is 29.3 Å². The molecule has 2 N–H and O–H groups in total. The molecule has 0 amide bonds. The number of likely N-dealkylation sites (tertiary alicyclic amines) is 2. The predicted octanol–water partition coefficient (Wildman–Crippen LogP) is 2.73. The smallest absolute Gasteiger partial charge is 0.191 e. The molecule has 0 aromatic heterocycles. The molecule has 0 spiro atoms. The van der Waals surface area contributed by atoms with Gasteiger partial charge in [-0.05, 0) is 88.9 Å². The number of piperidine rings is 1. The molecule has 1 aromatic rings. The van der Waals surface area contributed by atoms with Gasteiger partial charge < -0.3 is 20.3 Å². The zero-order valence-corrected chi connectivity index (χ0v) is 18.5. The highest BCUT2D eigenvalue weighted by Gasteiger charge is 2.24. The van der Waals surface area contributed by atoms with E-state index in [1.807, 2.05) is 13.1 Å². The first-order chi connectivity index (χ1) is 14.2. The Balaban J connectivity index is 1.51. The van der Waals surface area contributed by atoms with Crippen LogP contribution < -0.4 is 15.4 Å². The van der Waals surface area contributed by atoms with Crippen LogP contribution in [0.1, 0.15) is 43.7 Å². The van der Waals surface area contributed by atoms with Gasteiger partial charge in [-0.3, -0.25) is 9.89 Å². The fraction of sp³-hybridized carbons (Fsp3) is 0.696. The second-order valence-electron chi connectivity index (χ2n) is 8.45. The minimum atomic E-state index is 0.333. The lowest BCUT2D eigenvalue weighted by molar-refractivity contribution is 0.213. The van der Waals surface area contributed by atoms with Crippen LogP contribution >= 0.6 is 0 Å². The fourth-order valence-electron chi connectivity index (χ4n) is 4.52. The normalized spacial score (nSPS) is 20.6. The van der Waals surface area contributed by atoms with Crippen LogP contribution in [0.5, 0.6) is 5.75 Å². The molecule has 3 rings (SSSR count). The topological polar surface area (TPSA) is 52.1 Å². The van der Waals surface area contributed by atoms with Crippen molar-refractivity contribution in [3.8, 4) is 5.75 Å². The third-order valence-electron chi connectivity index (χ3n) is 6.43. The number of guanidine groups is 1. The molecule has 0 bridgehead atoms. The van der Waals surface area contributed by atoms with E-state index in [1.54, 1.807) is 7.11 Å². The van der Waals surface area contributed by atoms with E-state index < -0.39 is 0 Å². The van der Waals surface area contributed by atoms with E-state index >= 15 is 0 Å². The first-order valence-electron chi connectivity index (χ1n) is 11.2. The van der Waals surface area contributed by atoms with E-state index in [0.29, 0.717) is 6.04 Å². The predicted molar refractivity (Wildman–Crippen MR) is 121 cm³/mol. The highest BCUT2D eigenvalue weighted by molar-refractivity contribution is 5.79. The zero-order valence-electron chi connectivity index (χ0n) is 18.5. The summed E-state index contributed by atoms with van der Waals surface area (Å²) in [5, 5.41) is 7.11. The molecule has 2 fully saturated rings. The third kappa shape index (κ3) is 6.61. The van der Waals surface area contributed by atoms with Gasteiger partial charge in [0.1, 0.15) is 5.75 Å². The molecule has 0 saturated carbocycles. The largest absolute Gasteiger partial charge is 0.497 e. The summed E-state index contributed by atoms with van der Waals surface area (Å²) in [7, 11) is 5.82. The molecule has 6 heteroatoms. The van der Waals surface area contributed by atoms with Crippen LogP contribution in [0.2, 0.25) is 0 Å². The summed E-state index contributed by atoms with van der Waals surface area (Å²) in [5.74, 6) is 2.67. The second kappa shape index (κ2) is 11.4. The molecular formula is C23H39N5O. The Labute approximate surface area is 176 Å². The van der Waals surface area contributed by atoms with Gasteiger partial charge in [0.25, 0.3) is 0 Å². The first kappa shape index (κ1) is 21.9. The van der Waals surface area contributed by atoms with Gasteiger partial charge >= 0.3 is 0 Å². The number of hydrogen-bond donors (Lipinski definition) is 2. The van der Waals surface area contributed by atoms with Crippen molar-refractivity contribution in [2.45, 2.75) is 38.1 Å². The summed E-state index contributed by atoms with van der Waals surface area (Å²) in [5.41, 5.74) is 1.31. The van der Waals surface area contributed by atoms with Gasteiger partial charge in [0.2, 0.25) is 0 Å². The quantitative estimate of drug-likeness (QED) is 0.518. The van der Waals surface area contributed by atoms with Gasteiger partial charge in [-0.1, -0.05) is 12.1 Å². The molecule has 2 aliphatic heterocycles. The van der Waals surface area contributed by atoms with Crippen molar-refractivity contribution in [1.29, 1.82) is 0 Å². The van der Waals surface area contributed by atoms with Gasteiger partial charge in [0.15, 0.2) is 5.96 Å². The number of hydrogen-bond acceptors (Lipinski definition) is 4. The van der Waals surface area contributed by atoms with Crippen LogP contribution in [-0.2, 0) is 0 Å². The standard InChI is InChI=1S/C23H39N5O/c1-24-23(25-12-9-19-10-15-27(2)16-11-19)26-18-22(28-13-4-5-14-28)20-7-6-8-21(17-20)29-3/h6-8,17,19,22H,4-5,9-16,18H2,1-3H3,(H2,24,25,26). The van der Waals surface area contributed by atoms with Crippen molar-refractivity contribution < 1.29 is 4.74 Å². The summed E-state index contributed by atoms with van der Waals surface area (Å²) in [6.07, 6.45) is 6.42. The van der Waals surface area contributed by atoms with Crippen molar-refractivity contribution in [3.63, 3.8) is 0 Å². The number of aliphatic imine (C=N–C) groups is 1. The van der Waals surface area contributed by atoms with Crippen molar-refractivity contribution in [3.05, 3.63) is 29.8 Å². The molecule has 6 nitrogen and oxygen atoms in total. The van der Waals surface area contributed by atoms with Crippen molar-refractivity contribution in [1.82, 2.24) is 20.4 Å². The van der Waals surface area contributed by atoms with E-state index in [-0.39, 0.29) is 0 Å². The van der Waals surface area contributed by atoms with E-state index in [2.05, 4.69) is 50.7 Å². The van der Waals surface area contributed by atoms with Crippen molar-refractivity contribution >= 4 is 5.96 Å². The molecule has 162 valence electrons. The number of rotatable bonds is 8. The highest BCUT2D eigenvalue weighted by atomic mass is 16.5. The average molecular weight is 402 g/mol. The number of nitrogens with zero attached hydrogens (tertiary/aromatic N) is 3. The van der Waals surface area contributed by atoms with Gasteiger partial charge in [0.05, 0.1) is 13.2 Å². The maximum atomic E-state index is 5.45. The average Bonchev–Trinajstić information content (AvgIpc) is 3.28. The van der Waals surface area contributed by atoms with Crippen LogP contribution in [0.4, 0.5) is 0 Å². The summed E-state index contributed by atoms with van der Waals surface area (Å²) in [6, 6.07) is 8.82. The number of methoxy groups -OCH3 is 1. The third-order valence-corrected chi connectivity index (χ3v) is 6.43. The molecule has 0 radical (unpaired) electrons. The van der Waals surface area contributed by atoms with Gasteiger partial charge in [-0.15, -0.1) is 0 Å². The van der Waals surface area contributed by atoms with Crippen molar-refractivity contribution in [2.24, 2.45) is 10.9 Å². The Bertz CT molecular complexity index is 636. The number of ether oxygens (including phenoxy) is 1. The monoisotopic (exact) mass is 401 g/mol. The number of benzene rings is 1. The van der Waals surface area contributed by atoms with Crippen molar-refractivity contribution in [2.75, 3.05) is 60.5 Å². The molecule has 2 aliphatic rings. The summed E-state index contributed by atoms with van der Waals surface area (Å²) < 4.78 is 5.45. The van der Waals surface area contributed by atoms with E-state index in [0.717, 1.165) is 43.8 Å². The lowest BCUT2D eigenvalue weighted by Crippen LogP contribution is -2.43.